The summed E-state index contributed by atoms with van der Waals surface area (Å²) in [6.45, 7) is 12.9. The molecule has 0 saturated heterocycles. The summed E-state index contributed by atoms with van der Waals surface area (Å²) in [5.41, 5.74) is 8.26. The monoisotopic (exact) mass is 294 g/mol. The van der Waals surface area contributed by atoms with E-state index in [1.807, 2.05) is 6.07 Å². The predicted octanol–water partition coefficient (Wildman–Crippen LogP) is 4.22. The van der Waals surface area contributed by atoms with Crippen molar-refractivity contribution in [3.05, 3.63) is 29.6 Å². The van der Waals surface area contributed by atoms with Crippen LogP contribution in [0, 0.1) is 17.7 Å². The zero-order valence-electron chi connectivity index (χ0n) is 14.2. The molecule has 0 aliphatic carbocycles. The Labute approximate surface area is 129 Å². The summed E-state index contributed by atoms with van der Waals surface area (Å²) in [6.07, 6.45) is 1.64. The van der Waals surface area contributed by atoms with E-state index in [1.165, 1.54) is 0 Å². The van der Waals surface area contributed by atoms with E-state index < -0.39 is 0 Å². The Kier molecular flexibility index (Phi) is 7.16. The highest BCUT2D eigenvalue weighted by molar-refractivity contribution is 5.54. The van der Waals surface area contributed by atoms with Gasteiger partial charge in [-0.25, -0.2) is 4.39 Å². The zero-order valence-corrected chi connectivity index (χ0v) is 14.2. The van der Waals surface area contributed by atoms with E-state index >= 15 is 0 Å². The summed E-state index contributed by atoms with van der Waals surface area (Å²) >= 11 is 0. The molecule has 1 rings (SSSR count). The molecule has 120 valence electrons. The first-order valence-electron chi connectivity index (χ1n) is 8.12. The lowest BCUT2D eigenvalue weighted by atomic mass is 10.0. The smallest absolute Gasteiger partial charge is 0.123 e. The Hall–Kier alpha value is -1.09. The lowest BCUT2D eigenvalue weighted by Gasteiger charge is -2.31. The van der Waals surface area contributed by atoms with Gasteiger partial charge < -0.3 is 10.6 Å². The second-order valence-corrected chi connectivity index (χ2v) is 6.84. The maximum Gasteiger partial charge on any atom is 0.123 e. The molecule has 0 radical (unpaired) electrons. The quantitative estimate of drug-likeness (QED) is 0.777. The fourth-order valence-corrected chi connectivity index (χ4v) is 2.61. The molecule has 1 atom stereocenters. The van der Waals surface area contributed by atoms with Gasteiger partial charge in [0.05, 0.1) is 0 Å². The molecule has 0 fully saturated rings. The minimum Gasteiger partial charge on any atom is -0.371 e. The van der Waals surface area contributed by atoms with Gasteiger partial charge in [0, 0.05) is 24.8 Å². The standard InChI is InChI=1S/C18H31FN2/c1-6-17(20)10-15-9-16(19)7-8-18(15)21(11-13(2)3)12-14(4)5/h7-9,13-14,17H,6,10-12,20H2,1-5H3. The van der Waals surface area contributed by atoms with Gasteiger partial charge in [-0.15, -0.1) is 0 Å². The Bertz CT molecular complexity index is 419. The fraction of sp³-hybridized carbons (Fsp3) is 0.667. The normalized spacial score (nSPS) is 13.0. The summed E-state index contributed by atoms with van der Waals surface area (Å²) in [6, 6.07) is 5.21. The maximum atomic E-state index is 13.6. The van der Waals surface area contributed by atoms with Crippen LogP contribution in [0.25, 0.3) is 0 Å². The van der Waals surface area contributed by atoms with Gasteiger partial charge >= 0.3 is 0 Å². The van der Waals surface area contributed by atoms with Gasteiger partial charge in [0.2, 0.25) is 0 Å². The number of rotatable bonds is 8. The van der Waals surface area contributed by atoms with Crippen LogP contribution in [-0.2, 0) is 6.42 Å². The van der Waals surface area contributed by atoms with E-state index in [2.05, 4.69) is 39.5 Å². The molecule has 3 heteroatoms. The molecule has 0 spiro atoms. The molecule has 0 bridgehead atoms. The maximum absolute atomic E-state index is 13.6. The van der Waals surface area contributed by atoms with Gasteiger partial charge in [0.15, 0.2) is 0 Å². The number of halogens is 1. The second kappa shape index (κ2) is 8.38. The Morgan fingerprint density at radius 3 is 2.14 bits per heavy atom. The van der Waals surface area contributed by atoms with E-state index in [0.29, 0.717) is 11.8 Å². The first kappa shape index (κ1) is 18.0. The lowest BCUT2D eigenvalue weighted by molar-refractivity contribution is 0.548. The van der Waals surface area contributed by atoms with Crippen molar-refractivity contribution in [2.75, 3.05) is 18.0 Å². The van der Waals surface area contributed by atoms with Crippen molar-refractivity contribution in [2.45, 2.75) is 53.5 Å². The Morgan fingerprint density at radius 2 is 1.67 bits per heavy atom. The number of nitrogens with two attached hydrogens (primary N) is 1. The number of benzene rings is 1. The van der Waals surface area contributed by atoms with Crippen molar-refractivity contribution in [1.29, 1.82) is 0 Å². The molecule has 1 aromatic carbocycles. The number of hydrogen-bond acceptors (Lipinski definition) is 2. The van der Waals surface area contributed by atoms with Gasteiger partial charge in [-0.3, -0.25) is 0 Å². The number of hydrogen-bond donors (Lipinski definition) is 1. The minimum atomic E-state index is -0.175. The first-order valence-corrected chi connectivity index (χ1v) is 8.12. The molecular formula is C18H31FN2. The van der Waals surface area contributed by atoms with Crippen LogP contribution in [0.1, 0.15) is 46.6 Å². The van der Waals surface area contributed by atoms with Crippen LogP contribution < -0.4 is 10.6 Å². The lowest BCUT2D eigenvalue weighted by Crippen LogP contribution is -2.33. The molecule has 0 aromatic heterocycles. The topological polar surface area (TPSA) is 29.3 Å². The molecule has 21 heavy (non-hydrogen) atoms. The van der Waals surface area contributed by atoms with Gasteiger partial charge in [0.1, 0.15) is 5.82 Å². The molecule has 2 nitrogen and oxygen atoms in total. The highest BCUT2D eigenvalue weighted by atomic mass is 19.1. The van der Waals surface area contributed by atoms with Crippen LogP contribution in [0.3, 0.4) is 0 Å². The summed E-state index contributed by atoms with van der Waals surface area (Å²) in [5, 5.41) is 0. The molecule has 0 aliphatic heterocycles. The van der Waals surface area contributed by atoms with Crippen molar-refractivity contribution >= 4 is 5.69 Å². The van der Waals surface area contributed by atoms with Crippen molar-refractivity contribution < 1.29 is 4.39 Å². The number of nitrogens with zero attached hydrogens (tertiary/aromatic N) is 1. The van der Waals surface area contributed by atoms with Crippen molar-refractivity contribution in [2.24, 2.45) is 17.6 Å². The molecule has 0 aliphatic rings. The largest absolute Gasteiger partial charge is 0.371 e. The molecular weight excluding hydrogens is 263 g/mol. The third-order valence-corrected chi connectivity index (χ3v) is 3.56. The summed E-state index contributed by atoms with van der Waals surface area (Å²) in [4.78, 5) is 2.38. The van der Waals surface area contributed by atoms with Crippen LogP contribution in [0.4, 0.5) is 10.1 Å². The molecule has 1 aromatic rings. The first-order chi connectivity index (χ1) is 9.83. The minimum absolute atomic E-state index is 0.0884. The molecule has 0 amide bonds. The van der Waals surface area contributed by atoms with Crippen molar-refractivity contribution in [3.63, 3.8) is 0 Å². The Balaban J connectivity index is 3.09. The zero-order chi connectivity index (χ0) is 16.0. The molecule has 0 saturated carbocycles. The predicted molar refractivity (Wildman–Crippen MR) is 90.3 cm³/mol. The van der Waals surface area contributed by atoms with Gasteiger partial charge in [-0.2, -0.15) is 0 Å². The van der Waals surface area contributed by atoms with Crippen molar-refractivity contribution in [1.82, 2.24) is 0 Å². The summed E-state index contributed by atoms with van der Waals surface area (Å²) < 4.78 is 13.6. The van der Waals surface area contributed by atoms with Crippen LogP contribution in [0.15, 0.2) is 18.2 Å². The highest BCUT2D eigenvalue weighted by Gasteiger charge is 2.16. The van der Waals surface area contributed by atoms with E-state index in [4.69, 9.17) is 5.73 Å². The van der Waals surface area contributed by atoms with E-state index in [9.17, 15) is 4.39 Å². The van der Waals surface area contributed by atoms with Crippen LogP contribution in [-0.4, -0.2) is 19.1 Å². The molecule has 1 unspecified atom stereocenters. The third kappa shape index (κ3) is 6.04. The van der Waals surface area contributed by atoms with Crippen LogP contribution in [0.2, 0.25) is 0 Å². The molecule has 0 heterocycles. The van der Waals surface area contributed by atoms with E-state index in [1.54, 1.807) is 12.1 Å². The van der Waals surface area contributed by atoms with Gasteiger partial charge in [0.25, 0.3) is 0 Å². The van der Waals surface area contributed by atoms with E-state index in [-0.39, 0.29) is 11.9 Å². The third-order valence-electron chi connectivity index (χ3n) is 3.56. The average molecular weight is 294 g/mol. The van der Waals surface area contributed by atoms with Crippen molar-refractivity contribution in [3.8, 4) is 0 Å². The Morgan fingerprint density at radius 1 is 1.10 bits per heavy atom. The second-order valence-electron chi connectivity index (χ2n) is 6.84. The fourth-order valence-electron chi connectivity index (χ4n) is 2.61. The molecule has 2 N–H and O–H groups in total. The number of anilines is 1. The van der Waals surface area contributed by atoms with E-state index in [0.717, 1.165) is 37.2 Å². The highest BCUT2D eigenvalue weighted by Crippen LogP contribution is 2.25. The summed E-state index contributed by atoms with van der Waals surface area (Å²) in [5.74, 6) is 0.967. The van der Waals surface area contributed by atoms with Crippen LogP contribution in [0.5, 0.6) is 0 Å². The average Bonchev–Trinajstić information content (AvgIpc) is 2.36. The SMILES string of the molecule is CCC(N)Cc1cc(F)ccc1N(CC(C)C)CC(C)C. The van der Waals surface area contributed by atoms with Crippen LogP contribution >= 0.6 is 0 Å². The van der Waals surface area contributed by atoms with Gasteiger partial charge in [-0.05, 0) is 48.4 Å². The summed E-state index contributed by atoms with van der Waals surface area (Å²) in [7, 11) is 0. The van der Waals surface area contributed by atoms with Gasteiger partial charge in [-0.1, -0.05) is 34.6 Å².